The number of hydrogen-bond donors (Lipinski definition) is 0. The molecule has 0 spiro atoms. The van der Waals surface area contributed by atoms with Gasteiger partial charge in [-0.2, -0.15) is 5.26 Å². The van der Waals surface area contributed by atoms with Crippen molar-refractivity contribution < 1.29 is 0 Å². The average molecular weight is 431 g/mol. The second-order valence-electron chi connectivity index (χ2n) is 6.78. The van der Waals surface area contributed by atoms with Gasteiger partial charge in [0.15, 0.2) is 0 Å². The van der Waals surface area contributed by atoms with E-state index in [0.717, 1.165) is 38.1 Å². The van der Waals surface area contributed by atoms with Crippen molar-refractivity contribution in [3.63, 3.8) is 0 Å². The molecule has 0 radical (unpaired) electrons. The van der Waals surface area contributed by atoms with Gasteiger partial charge in [0.2, 0.25) is 0 Å². The van der Waals surface area contributed by atoms with E-state index in [2.05, 4.69) is 63.6 Å². The van der Waals surface area contributed by atoms with Crippen LogP contribution in [0.5, 0.6) is 0 Å². The maximum absolute atomic E-state index is 9.71. The van der Waals surface area contributed by atoms with E-state index in [0.29, 0.717) is 12.1 Å². The Kier molecular flexibility index (Phi) is 4.89. The third-order valence-corrected chi connectivity index (χ3v) is 5.37. The highest BCUT2D eigenvalue weighted by Gasteiger charge is 2.11. The van der Waals surface area contributed by atoms with E-state index in [1.54, 1.807) is 6.33 Å². The summed E-state index contributed by atoms with van der Waals surface area (Å²) in [4.78, 5) is 4.41. The Bertz CT molecular complexity index is 1240. The molecule has 5 heteroatoms. The molecule has 4 aromatic rings. The summed E-state index contributed by atoms with van der Waals surface area (Å²) < 4.78 is 5.26. The van der Waals surface area contributed by atoms with Crippen LogP contribution in [0.2, 0.25) is 0 Å². The molecule has 0 fully saturated rings. The summed E-state index contributed by atoms with van der Waals surface area (Å²) in [5.41, 5.74) is 7.06. The zero-order valence-corrected chi connectivity index (χ0v) is 17.3. The molecule has 28 heavy (non-hydrogen) atoms. The van der Waals surface area contributed by atoms with Crippen molar-refractivity contribution in [2.75, 3.05) is 0 Å². The predicted molar refractivity (Wildman–Crippen MR) is 116 cm³/mol. The Morgan fingerprint density at radius 2 is 1.96 bits per heavy atom. The van der Waals surface area contributed by atoms with Crippen molar-refractivity contribution in [2.45, 2.75) is 20.4 Å². The second kappa shape index (κ2) is 7.49. The number of rotatable bonds is 4. The summed E-state index contributed by atoms with van der Waals surface area (Å²) in [6, 6.07) is 20.7. The van der Waals surface area contributed by atoms with Crippen molar-refractivity contribution in [3.8, 4) is 11.8 Å². The lowest BCUT2D eigenvalue weighted by molar-refractivity contribution is 0.830. The molecule has 2 aromatic carbocycles. The van der Waals surface area contributed by atoms with Gasteiger partial charge >= 0.3 is 0 Å². The van der Waals surface area contributed by atoms with E-state index in [1.807, 2.05) is 47.0 Å². The highest BCUT2D eigenvalue weighted by atomic mass is 79.9. The molecular formula is C23H19BrN4. The monoisotopic (exact) mass is 430 g/mol. The van der Waals surface area contributed by atoms with Gasteiger partial charge in [-0.25, -0.2) is 4.98 Å². The lowest BCUT2D eigenvalue weighted by Gasteiger charge is -2.10. The maximum atomic E-state index is 9.71. The summed E-state index contributed by atoms with van der Waals surface area (Å²) in [6.07, 6.45) is 3.77. The third kappa shape index (κ3) is 3.39. The van der Waals surface area contributed by atoms with Crippen LogP contribution in [0.15, 0.2) is 71.0 Å². The summed E-state index contributed by atoms with van der Waals surface area (Å²) in [6.45, 7) is 4.67. The van der Waals surface area contributed by atoms with Crippen LogP contribution in [0.3, 0.4) is 0 Å². The van der Waals surface area contributed by atoms with Crippen molar-refractivity contribution in [2.24, 2.45) is 0 Å². The van der Waals surface area contributed by atoms with Crippen LogP contribution in [-0.4, -0.2) is 14.1 Å². The van der Waals surface area contributed by atoms with Crippen molar-refractivity contribution in [3.05, 3.63) is 87.9 Å². The van der Waals surface area contributed by atoms with Gasteiger partial charge in [0, 0.05) is 27.1 Å². The minimum atomic E-state index is 0.498. The van der Waals surface area contributed by atoms with Gasteiger partial charge in [0.1, 0.15) is 0 Å². The zero-order chi connectivity index (χ0) is 19.7. The quantitative estimate of drug-likeness (QED) is 0.383. The molecular weight excluding hydrogens is 412 g/mol. The number of nitrogens with zero attached hydrogens (tertiary/aromatic N) is 4. The largest absolute Gasteiger partial charge is 0.325 e. The van der Waals surface area contributed by atoms with E-state index in [4.69, 9.17) is 0 Å². The van der Waals surface area contributed by atoms with Crippen LogP contribution in [0.25, 0.3) is 22.8 Å². The molecule has 2 aromatic heterocycles. The molecule has 0 atom stereocenters. The molecule has 0 aliphatic rings. The van der Waals surface area contributed by atoms with Gasteiger partial charge in [0.05, 0.1) is 30.0 Å². The summed E-state index contributed by atoms with van der Waals surface area (Å²) in [5, 5.41) is 9.71. The SMILES string of the molecule is Cc1cc(/C=C(/C#N)Cn2cnc3ccccc32)c(C)n1-c1cccc(Br)c1. The number of hydrogen-bond acceptors (Lipinski definition) is 2. The van der Waals surface area contributed by atoms with Gasteiger partial charge in [-0.15, -0.1) is 0 Å². The first-order valence-corrected chi connectivity index (χ1v) is 9.81. The minimum Gasteiger partial charge on any atom is -0.325 e. The van der Waals surface area contributed by atoms with Crippen LogP contribution >= 0.6 is 15.9 Å². The van der Waals surface area contributed by atoms with Gasteiger partial charge in [-0.05, 0) is 61.9 Å². The maximum Gasteiger partial charge on any atom is 0.0966 e. The Labute approximate surface area is 172 Å². The van der Waals surface area contributed by atoms with Crippen LogP contribution in [0, 0.1) is 25.2 Å². The first kappa shape index (κ1) is 18.3. The number of para-hydroxylation sites is 2. The van der Waals surface area contributed by atoms with E-state index in [1.165, 1.54) is 0 Å². The number of benzene rings is 2. The van der Waals surface area contributed by atoms with Crippen molar-refractivity contribution >= 4 is 33.0 Å². The molecule has 0 unspecified atom stereocenters. The number of allylic oxidation sites excluding steroid dienone is 1. The average Bonchev–Trinajstić information content (AvgIpc) is 3.22. The molecule has 4 nitrogen and oxygen atoms in total. The molecule has 0 aliphatic carbocycles. The number of aromatic nitrogens is 3. The normalized spacial score (nSPS) is 11.7. The highest BCUT2D eigenvalue weighted by molar-refractivity contribution is 9.10. The van der Waals surface area contributed by atoms with Crippen LogP contribution in [0.1, 0.15) is 17.0 Å². The van der Waals surface area contributed by atoms with E-state index in [-0.39, 0.29) is 0 Å². The predicted octanol–water partition coefficient (Wildman–Crippen LogP) is 5.81. The molecule has 0 saturated carbocycles. The van der Waals surface area contributed by atoms with Gasteiger partial charge in [0.25, 0.3) is 0 Å². The first-order valence-electron chi connectivity index (χ1n) is 9.02. The second-order valence-corrected chi connectivity index (χ2v) is 7.70. The smallest absolute Gasteiger partial charge is 0.0966 e. The fourth-order valence-electron chi connectivity index (χ4n) is 3.57. The van der Waals surface area contributed by atoms with Gasteiger partial charge < -0.3 is 9.13 Å². The first-order chi connectivity index (χ1) is 13.6. The molecule has 0 aliphatic heterocycles. The fourth-order valence-corrected chi connectivity index (χ4v) is 3.95. The summed E-state index contributed by atoms with van der Waals surface area (Å²) >= 11 is 3.54. The van der Waals surface area contributed by atoms with Gasteiger partial charge in [-0.3, -0.25) is 0 Å². The Morgan fingerprint density at radius 3 is 2.75 bits per heavy atom. The number of imidazole rings is 1. The minimum absolute atomic E-state index is 0.498. The number of halogens is 1. The van der Waals surface area contributed by atoms with Crippen molar-refractivity contribution in [1.29, 1.82) is 5.26 Å². The summed E-state index contributed by atoms with van der Waals surface area (Å²) in [5.74, 6) is 0. The number of aryl methyl sites for hydroxylation is 1. The van der Waals surface area contributed by atoms with Crippen LogP contribution in [-0.2, 0) is 6.54 Å². The number of nitriles is 1. The van der Waals surface area contributed by atoms with E-state index < -0.39 is 0 Å². The standard InChI is InChI=1S/C23H19BrN4/c1-16-10-19(17(2)28(16)21-7-5-6-20(24)12-21)11-18(13-25)14-27-15-26-22-8-3-4-9-23(22)27/h3-12,15H,14H2,1-2H3/b18-11-. The lowest BCUT2D eigenvalue weighted by Crippen LogP contribution is -2.00. The lowest BCUT2D eigenvalue weighted by atomic mass is 10.1. The molecule has 0 saturated heterocycles. The molecule has 4 rings (SSSR count). The topological polar surface area (TPSA) is 46.5 Å². The van der Waals surface area contributed by atoms with Crippen molar-refractivity contribution in [1.82, 2.24) is 14.1 Å². The molecule has 2 heterocycles. The molecule has 138 valence electrons. The van der Waals surface area contributed by atoms with E-state index >= 15 is 0 Å². The third-order valence-electron chi connectivity index (χ3n) is 4.88. The highest BCUT2D eigenvalue weighted by Crippen LogP contribution is 2.25. The van der Waals surface area contributed by atoms with Crippen LogP contribution in [0.4, 0.5) is 0 Å². The Morgan fingerprint density at radius 1 is 1.14 bits per heavy atom. The Balaban J connectivity index is 1.71. The Hall–Kier alpha value is -3.10. The van der Waals surface area contributed by atoms with Crippen LogP contribution < -0.4 is 0 Å². The number of fused-ring (bicyclic) bond motifs is 1. The van der Waals surface area contributed by atoms with E-state index in [9.17, 15) is 5.26 Å². The molecule has 0 N–H and O–H groups in total. The molecule has 0 amide bonds. The zero-order valence-electron chi connectivity index (χ0n) is 15.7. The fraction of sp³-hybridized carbons (Fsp3) is 0.130. The molecule has 0 bridgehead atoms. The van der Waals surface area contributed by atoms with Gasteiger partial charge in [-0.1, -0.05) is 34.1 Å². The summed E-state index contributed by atoms with van der Waals surface area (Å²) in [7, 11) is 0.